The summed E-state index contributed by atoms with van der Waals surface area (Å²) in [4.78, 5) is 13.0. The third-order valence-corrected chi connectivity index (χ3v) is 13.0. The Balaban J connectivity index is 1.73. The van der Waals surface area contributed by atoms with Crippen LogP contribution in [0.2, 0.25) is 0 Å². The van der Waals surface area contributed by atoms with Crippen LogP contribution in [-0.2, 0) is 33.2 Å². The van der Waals surface area contributed by atoms with Crippen LogP contribution >= 0.6 is 0 Å². The van der Waals surface area contributed by atoms with Crippen molar-refractivity contribution in [1.82, 2.24) is 0 Å². The number of aliphatic hydroxyl groups excluding tert-OH is 7. The zero-order valence-corrected chi connectivity index (χ0v) is 43.9. The second kappa shape index (κ2) is 44.0. The summed E-state index contributed by atoms with van der Waals surface area (Å²) in [5.41, 5.74) is 0. The highest BCUT2D eigenvalue weighted by Crippen LogP contribution is 2.26. The van der Waals surface area contributed by atoms with Crippen molar-refractivity contribution in [1.29, 1.82) is 0 Å². The molecule has 0 saturated carbocycles. The molecule has 0 aromatic rings. The van der Waals surface area contributed by atoms with Crippen LogP contribution in [0.1, 0.15) is 194 Å². The third kappa shape index (κ3) is 31.2. The van der Waals surface area contributed by atoms with Gasteiger partial charge in [-0.3, -0.25) is 4.79 Å². The van der Waals surface area contributed by atoms with Crippen LogP contribution < -0.4 is 0 Å². The number of unbranched alkanes of at least 4 members (excludes halogenated alkanes) is 20. The largest absolute Gasteiger partial charge is 0.457 e. The summed E-state index contributed by atoms with van der Waals surface area (Å²) in [5.74, 6) is -0.388. The number of hydrogen-bond acceptors (Lipinski definition) is 14. The quantitative estimate of drug-likeness (QED) is 0.0172. The van der Waals surface area contributed by atoms with Crippen LogP contribution in [0.4, 0.5) is 0 Å². The van der Waals surface area contributed by atoms with E-state index in [2.05, 4.69) is 74.6 Å². The monoisotopic (exact) mass is 1010 g/mol. The van der Waals surface area contributed by atoms with Gasteiger partial charge >= 0.3 is 5.97 Å². The Morgan fingerprint density at radius 2 is 0.915 bits per heavy atom. The van der Waals surface area contributed by atoms with Crippen molar-refractivity contribution in [2.45, 2.75) is 261 Å². The fourth-order valence-corrected chi connectivity index (χ4v) is 8.51. The van der Waals surface area contributed by atoms with Gasteiger partial charge < -0.3 is 64.2 Å². The van der Waals surface area contributed by atoms with E-state index in [1.807, 2.05) is 0 Å². The van der Waals surface area contributed by atoms with E-state index in [1.54, 1.807) is 0 Å². The average molecular weight is 1010 g/mol. The van der Waals surface area contributed by atoms with Gasteiger partial charge in [-0.2, -0.15) is 0 Å². The highest BCUT2D eigenvalue weighted by molar-refractivity contribution is 5.69. The minimum Gasteiger partial charge on any atom is -0.457 e. The van der Waals surface area contributed by atoms with Gasteiger partial charge in [0.25, 0.3) is 0 Å². The lowest BCUT2D eigenvalue weighted by Crippen LogP contribution is -2.61. The molecule has 2 aliphatic heterocycles. The summed E-state index contributed by atoms with van der Waals surface area (Å²) in [6, 6.07) is 0. The second-order valence-corrected chi connectivity index (χ2v) is 19.4. The molecule has 0 aliphatic carbocycles. The summed E-state index contributed by atoms with van der Waals surface area (Å²) in [6.45, 7) is 3.55. The number of ether oxygens (including phenoxy) is 6. The molecule has 2 rings (SSSR count). The highest BCUT2D eigenvalue weighted by atomic mass is 16.7. The first-order valence-corrected chi connectivity index (χ1v) is 27.9. The fraction of sp³-hybridized carbons (Fsp3) is 0.807. The molecular formula is C57H100O14. The molecule has 0 bridgehead atoms. The summed E-state index contributed by atoms with van der Waals surface area (Å²) < 4.78 is 34.3. The summed E-state index contributed by atoms with van der Waals surface area (Å²) >= 11 is 0. The van der Waals surface area contributed by atoms with E-state index in [-0.39, 0.29) is 25.6 Å². The maximum absolute atomic E-state index is 13.0. The van der Waals surface area contributed by atoms with E-state index in [0.717, 1.165) is 89.9 Å². The standard InChI is InChI=1S/C57H100O14/c1-3-5-7-9-11-13-15-17-19-20-21-22-23-24-25-27-29-31-33-35-37-39-41-66-43-46(69-49(59)40-38-36-34-32-30-28-26-18-16-14-12-10-8-6-4-2)44-67-56-55(65)53(63)51(61)48(71-56)45-68-57-54(64)52(62)50(60)47(42-58)70-57/h5,7,11,13,17-19,21-22,26,46-48,50-58,60-65H,3-4,6,8-10,12,14-16,20,23-25,27-45H2,1-2H3/b7-5-,13-11-,19-17-,22-21-,26-18-. The van der Waals surface area contributed by atoms with E-state index >= 15 is 0 Å². The van der Waals surface area contributed by atoms with E-state index < -0.39 is 80.7 Å². The first-order chi connectivity index (χ1) is 34.6. The third-order valence-electron chi connectivity index (χ3n) is 13.0. The molecule has 0 spiro atoms. The molecule has 71 heavy (non-hydrogen) atoms. The van der Waals surface area contributed by atoms with Crippen LogP contribution in [0.15, 0.2) is 60.8 Å². The van der Waals surface area contributed by atoms with Gasteiger partial charge in [0.15, 0.2) is 12.6 Å². The highest BCUT2D eigenvalue weighted by Gasteiger charge is 2.47. The number of allylic oxidation sites excluding steroid dienone is 10. The van der Waals surface area contributed by atoms with Gasteiger partial charge in [0.1, 0.15) is 54.9 Å². The number of aliphatic hydroxyl groups is 7. The van der Waals surface area contributed by atoms with Crippen LogP contribution in [0.3, 0.4) is 0 Å². The Hall–Kier alpha value is -2.31. The number of carbonyl (C=O) groups excluding carboxylic acids is 1. The lowest BCUT2D eigenvalue weighted by molar-refractivity contribution is -0.332. The smallest absolute Gasteiger partial charge is 0.306 e. The number of esters is 1. The van der Waals surface area contributed by atoms with Crippen molar-refractivity contribution < 1.29 is 69.0 Å². The minimum atomic E-state index is -1.71. The second-order valence-electron chi connectivity index (χ2n) is 19.4. The van der Waals surface area contributed by atoms with Gasteiger partial charge in [0.2, 0.25) is 0 Å². The van der Waals surface area contributed by atoms with E-state index in [4.69, 9.17) is 28.4 Å². The van der Waals surface area contributed by atoms with Crippen LogP contribution in [-0.4, -0.2) is 142 Å². The minimum absolute atomic E-state index is 0.0523. The molecule has 0 aromatic heterocycles. The van der Waals surface area contributed by atoms with Crippen molar-refractivity contribution in [2.75, 3.05) is 33.0 Å². The molecular weight excluding hydrogens is 909 g/mol. The molecule has 11 atom stereocenters. The molecule has 0 radical (unpaired) electrons. The molecule has 0 amide bonds. The van der Waals surface area contributed by atoms with Crippen LogP contribution in [0, 0.1) is 0 Å². The molecule has 2 aliphatic rings. The Kier molecular flexibility index (Phi) is 40.2. The zero-order valence-electron chi connectivity index (χ0n) is 43.9. The van der Waals surface area contributed by atoms with Crippen molar-refractivity contribution in [2.24, 2.45) is 0 Å². The molecule has 14 heteroatoms. The lowest BCUT2D eigenvalue weighted by atomic mass is 9.98. The van der Waals surface area contributed by atoms with Crippen molar-refractivity contribution in [3.63, 3.8) is 0 Å². The topological polar surface area (TPSA) is 214 Å². The fourth-order valence-electron chi connectivity index (χ4n) is 8.51. The van der Waals surface area contributed by atoms with Crippen LogP contribution in [0.25, 0.3) is 0 Å². The molecule has 2 saturated heterocycles. The van der Waals surface area contributed by atoms with Crippen LogP contribution in [0.5, 0.6) is 0 Å². The SMILES string of the molecule is CC/C=C\C/C=C\C/C=C\C/C=C\CCCCCCCCCCCOCC(COC1OC(COC2OC(CO)C(O)C(O)C2O)C(O)C(O)C1O)OC(=O)CCCCCCC/C=C\CCCCCCCC. The first-order valence-electron chi connectivity index (χ1n) is 27.9. The molecule has 11 unspecified atom stereocenters. The van der Waals surface area contributed by atoms with Gasteiger partial charge in [-0.1, -0.05) is 171 Å². The average Bonchev–Trinajstić information content (AvgIpc) is 3.37. The Bertz CT molecular complexity index is 1400. The molecule has 7 N–H and O–H groups in total. The Labute approximate surface area is 428 Å². The lowest BCUT2D eigenvalue weighted by Gasteiger charge is -2.42. The zero-order chi connectivity index (χ0) is 51.6. The summed E-state index contributed by atoms with van der Waals surface area (Å²) in [5, 5.41) is 72.3. The van der Waals surface area contributed by atoms with Gasteiger partial charge in [-0.05, 0) is 77.0 Å². The maximum atomic E-state index is 13.0. The van der Waals surface area contributed by atoms with Crippen molar-refractivity contribution >= 4 is 5.97 Å². The van der Waals surface area contributed by atoms with E-state index in [0.29, 0.717) is 13.0 Å². The van der Waals surface area contributed by atoms with Gasteiger partial charge in [0, 0.05) is 13.0 Å². The predicted octanol–water partition coefficient (Wildman–Crippen LogP) is 9.30. The number of rotatable bonds is 44. The van der Waals surface area contributed by atoms with Gasteiger partial charge in [-0.25, -0.2) is 0 Å². The Morgan fingerprint density at radius 1 is 0.479 bits per heavy atom. The molecule has 0 aromatic carbocycles. The summed E-state index contributed by atoms with van der Waals surface area (Å²) in [6.07, 6.45) is 37.1. The number of carbonyl (C=O) groups is 1. The first kappa shape index (κ1) is 64.8. The maximum Gasteiger partial charge on any atom is 0.306 e. The van der Waals surface area contributed by atoms with Crippen molar-refractivity contribution in [3.05, 3.63) is 60.8 Å². The normalized spacial score (nSPS) is 25.8. The molecule has 14 nitrogen and oxygen atoms in total. The number of hydrogen-bond donors (Lipinski definition) is 7. The molecule has 412 valence electrons. The Morgan fingerprint density at radius 3 is 1.45 bits per heavy atom. The molecule has 2 fully saturated rings. The predicted molar refractivity (Wildman–Crippen MR) is 279 cm³/mol. The van der Waals surface area contributed by atoms with E-state index in [1.165, 1.54) is 77.0 Å². The molecule has 2 heterocycles. The van der Waals surface area contributed by atoms with E-state index in [9.17, 15) is 40.5 Å². The summed E-state index contributed by atoms with van der Waals surface area (Å²) in [7, 11) is 0. The van der Waals surface area contributed by atoms with Crippen molar-refractivity contribution in [3.8, 4) is 0 Å². The van der Waals surface area contributed by atoms with Gasteiger partial charge in [0.05, 0.1) is 26.4 Å². The van der Waals surface area contributed by atoms with Gasteiger partial charge in [-0.15, -0.1) is 0 Å².